The Kier molecular flexibility index (Phi) is 5.87. The molecular weight excluding hydrogens is 368 g/mol. The molecule has 1 N–H and O–H groups in total. The lowest BCUT2D eigenvalue weighted by Gasteiger charge is -2.08. The normalized spacial score (nSPS) is 11.0. The van der Waals surface area contributed by atoms with Crippen molar-refractivity contribution in [1.82, 2.24) is 0 Å². The molecule has 0 aromatic heterocycles. The topological polar surface area (TPSA) is 38.3 Å². The molecule has 0 bridgehead atoms. The summed E-state index contributed by atoms with van der Waals surface area (Å²) in [7, 11) is 0. The van der Waals surface area contributed by atoms with Gasteiger partial charge in [-0.15, -0.1) is 0 Å². The number of alkyl halides is 2. The van der Waals surface area contributed by atoms with E-state index in [0.717, 1.165) is 10.0 Å². The number of halogens is 3. The van der Waals surface area contributed by atoms with Gasteiger partial charge in [0, 0.05) is 21.8 Å². The lowest BCUT2D eigenvalue weighted by Crippen LogP contribution is -2.09. The lowest BCUT2D eigenvalue weighted by molar-refractivity contribution is -0.111. The van der Waals surface area contributed by atoms with E-state index in [9.17, 15) is 13.6 Å². The Labute approximate surface area is 141 Å². The summed E-state index contributed by atoms with van der Waals surface area (Å²) in [5.41, 5.74) is 1.98. The van der Waals surface area contributed by atoms with Crippen molar-refractivity contribution < 1.29 is 18.3 Å². The van der Waals surface area contributed by atoms with Gasteiger partial charge < -0.3 is 10.1 Å². The molecule has 0 saturated heterocycles. The molecule has 2 aromatic rings. The highest BCUT2D eigenvalue weighted by atomic mass is 79.9. The summed E-state index contributed by atoms with van der Waals surface area (Å²) in [6.45, 7) is -1.04. The second kappa shape index (κ2) is 7.87. The molecule has 2 aromatic carbocycles. The molecule has 0 unspecified atom stereocenters. The zero-order valence-corrected chi connectivity index (χ0v) is 13.8. The average Bonchev–Trinajstić information content (AvgIpc) is 2.49. The van der Waals surface area contributed by atoms with Crippen molar-refractivity contribution in [3.63, 3.8) is 0 Å². The maximum atomic E-state index is 12.3. The quantitative estimate of drug-likeness (QED) is 0.739. The van der Waals surface area contributed by atoms with Crippen LogP contribution in [-0.4, -0.2) is 12.5 Å². The summed E-state index contributed by atoms with van der Waals surface area (Å²) in [5.74, 6) is -0.339. The minimum absolute atomic E-state index is 0.0198. The Balaban J connectivity index is 2.09. The largest absolute Gasteiger partial charge is 0.434 e. The van der Waals surface area contributed by atoms with Crippen LogP contribution >= 0.6 is 15.9 Å². The van der Waals surface area contributed by atoms with Crippen molar-refractivity contribution in [1.29, 1.82) is 0 Å². The van der Waals surface area contributed by atoms with Crippen LogP contribution in [0.25, 0.3) is 6.08 Å². The zero-order chi connectivity index (χ0) is 16.8. The average molecular weight is 382 g/mol. The van der Waals surface area contributed by atoms with Gasteiger partial charge in [0.05, 0.1) is 0 Å². The summed E-state index contributed by atoms with van der Waals surface area (Å²) < 4.78 is 30.0. The predicted molar refractivity (Wildman–Crippen MR) is 89.6 cm³/mol. The van der Waals surface area contributed by atoms with Gasteiger partial charge in [0.15, 0.2) is 0 Å². The van der Waals surface area contributed by atoms with Crippen LogP contribution in [0.15, 0.2) is 53.0 Å². The molecule has 2 rings (SSSR count). The smallest absolute Gasteiger partial charge is 0.387 e. The maximum Gasteiger partial charge on any atom is 0.387 e. The summed E-state index contributed by atoms with van der Waals surface area (Å²) in [6.07, 6.45) is 2.70. The van der Waals surface area contributed by atoms with Gasteiger partial charge in [-0.05, 0) is 42.8 Å². The van der Waals surface area contributed by atoms with E-state index in [1.807, 2.05) is 19.1 Å². The minimum atomic E-state index is -2.91. The van der Waals surface area contributed by atoms with Crippen LogP contribution in [0.1, 0.15) is 11.1 Å². The fraction of sp³-hybridized carbons (Fsp3) is 0.118. The number of carbonyl (C=O) groups excluding carboxylic acids is 1. The van der Waals surface area contributed by atoms with Crippen LogP contribution in [0.3, 0.4) is 0 Å². The van der Waals surface area contributed by atoms with Crippen LogP contribution in [0.2, 0.25) is 0 Å². The van der Waals surface area contributed by atoms with Crippen LogP contribution in [0, 0.1) is 6.92 Å². The molecule has 0 aliphatic rings. The number of ether oxygens (including phenoxy) is 1. The number of hydrogen-bond acceptors (Lipinski definition) is 2. The first-order chi connectivity index (χ1) is 11.0. The van der Waals surface area contributed by atoms with Gasteiger partial charge in [-0.3, -0.25) is 4.79 Å². The third kappa shape index (κ3) is 5.17. The molecule has 0 heterocycles. The molecule has 0 aliphatic heterocycles. The first kappa shape index (κ1) is 17.1. The van der Waals surface area contributed by atoms with Gasteiger partial charge in [-0.25, -0.2) is 0 Å². The fourth-order valence-corrected chi connectivity index (χ4v) is 2.40. The summed E-state index contributed by atoms with van der Waals surface area (Å²) in [5, 5.41) is 2.73. The van der Waals surface area contributed by atoms with Crippen molar-refractivity contribution >= 4 is 33.6 Å². The molecule has 1 amide bonds. The molecule has 0 radical (unpaired) electrons. The number of amides is 1. The van der Waals surface area contributed by atoms with Crippen molar-refractivity contribution in [2.45, 2.75) is 13.5 Å². The molecule has 120 valence electrons. The van der Waals surface area contributed by atoms with Crippen molar-refractivity contribution in [3.8, 4) is 5.75 Å². The monoisotopic (exact) mass is 381 g/mol. The third-order valence-electron chi connectivity index (χ3n) is 3.00. The molecule has 0 aliphatic carbocycles. The number of rotatable bonds is 5. The number of carbonyl (C=O) groups is 1. The highest BCUT2D eigenvalue weighted by molar-refractivity contribution is 9.10. The van der Waals surface area contributed by atoms with Gasteiger partial charge >= 0.3 is 6.61 Å². The Morgan fingerprint density at radius 2 is 2.00 bits per heavy atom. The van der Waals surface area contributed by atoms with Crippen LogP contribution in [0.5, 0.6) is 5.75 Å². The highest BCUT2D eigenvalue weighted by Gasteiger charge is 2.08. The Hall–Kier alpha value is -2.21. The number of aryl methyl sites for hydroxylation is 1. The van der Waals surface area contributed by atoms with E-state index in [2.05, 4.69) is 26.0 Å². The Bertz CT molecular complexity index is 732. The van der Waals surface area contributed by atoms with Crippen LogP contribution < -0.4 is 10.1 Å². The van der Waals surface area contributed by atoms with Gasteiger partial charge in [0.2, 0.25) is 5.91 Å². The van der Waals surface area contributed by atoms with Crippen LogP contribution in [0.4, 0.5) is 14.5 Å². The minimum Gasteiger partial charge on any atom is -0.434 e. The lowest BCUT2D eigenvalue weighted by atomic mass is 10.2. The van der Waals surface area contributed by atoms with Crippen LogP contribution in [-0.2, 0) is 4.79 Å². The molecular formula is C17H14BrF2NO2. The molecule has 3 nitrogen and oxygen atoms in total. The fourth-order valence-electron chi connectivity index (χ4n) is 1.93. The molecule has 0 spiro atoms. The predicted octanol–water partition coefficient (Wildman–Crippen LogP) is 5.01. The third-order valence-corrected chi connectivity index (χ3v) is 3.49. The standard InChI is InChI=1S/C17H14BrF2NO2/c1-11-10-13(18)7-8-14(11)21-16(22)9-6-12-4-2-3-5-15(12)23-17(19)20/h2-10,17H,1H3,(H,21,22)/b9-6+. The number of anilines is 1. The molecule has 23 heavy (non-hydrogen) atoms. The Morgan fingerprint density at radius 3 is 2.70 bits per heavy atom. The van der Waals surface area contributed by atoms with Crippen molar-refractivity contribution in [2.24, 2.45) is 0 Å². The molecule has 0 saturated carbocycles. The SMILES string of the molecule is Cc1cc(Br)ccc1NC(=O)/C=C/c1ccccc1OC(F)F. The summed E-state index contributed by atoms with van der Waals surface area (Å²) >= 11 is 3.35. The van der Waals surface area contributed by atoms with E-state index < -0.39 is 6.61 Å². The second-order valence-corrected chi connectivity index (χ2v) is 5.61. The van der Waals surface area contributed by atoms with Crippen molar-refractivity contribution in [2.75, 3.05) is 5.32 Å². The van der Waals surface area contributed by atoms with Crippen molar-refractivity contribution in [3.05, 3.63) is 64.1 Å². The first-order valence-corrected chi connectivity index (χ1v) is 7.54. The summed E-state index contributed by atoms with van der Waals surface area (Å²) in [6, 6.07) is 11.7. The number of para-hydroxylation sites is 1. The van der Waals surface area contributed by atoms with E-state index in [0.29, 0.717) is 11.3 Å². The van der Waals surface area contributed by atoms with E-state index in [4.69, 9.17) is 0 Å². The second-order valence-electron chi connectivity index (χ2n) is 4.70. The van der Waals surface area contributed by atoms with Gasteiger partial charge in [-0.1, -0.05) is 34.1 Å². The molecule has 6 heteroatoms. The van der Waals surface area contributed by atoms with E-state index in [1.165, 1.54) is 18.2 Å². The van der Waals surface area contributed by atoms with E-state index in [-0.39, 0.29) is 11.7 Å². The number of benzene rings is 2. The number of nitrogens with one attached hydrogen (secondary N) is 1. The first-order valence-electron chi connectivity index (χ1n) is 6.75. The maximum absolute atomic E-state index is 12.3. The molecule has 0 atom stereocenters. The molecule has 0 fully saturated rings. The zero-order valence-electron chi connectivity index (χ0n) is 12.2. The van der Waals surface area contributed by atoms with E-state index in [1.54, 1.807) is 24.3 Å². The Morgan fingerprint density at radius 1 is 1.26 bits per heavy atom. The van der Waals surface area contributed by atoms with Gasteiger partial charge in [0.25, 0.3) is 0 Å². The van der Waals surface area contributed by atoms with Gasteiger partial charge in [-0.2, -0.15) is 8.78 Å². The highest BCUT2D eigenvalue weighted by Crippen LogP contribution is 2.22. The summed E-state index contributed by atoms with van der Waals surface area (Å²) in [4.78, 5) is 12.0. The van der Waals surface area contributed by atoms with E-state index >= 15 is 0 Å². The van der Waals surface area contributed by atoms with Gasteiger partial charge in [0.1, 0.15) is 5.75 Å². The number of hydrogen-bond donors (Lipinski definition) is 1.